The molecule has 8 atom stereocenters. The first kappa shape index (κ1) is 71.7. The molecule has 21 heteroatoms. The number of anilines is 1. The van der Waals surface area contributed by atoms with Gasteiger partial charge in [-0.25, -0.2) is 9.59 Å². The van der Waals surface area contributed by atoms with Crippen LogP contribution in [0.2, 0.25) is 5.02 Å². The van der Waals surface area contributed by atoms with E-state index in [4.69, 9.17) is 31.9 Å². The van der Waals surface area contributed by atoms with E-state index >= 15 is 0 Å². The number of rotatable bonds is 15. The second kappa shape index (κ2) is 37.5. The molecule has 74 heavy (non-hydrogen) atoms. The number of carbonyl (C=O) groups is 5. The van der Waals surface area contributed by atoms with Crippen molar-refractivity contribution in [3.63, 3.8) is 0 Å². The lowest BCUT2D eigenvalue weighted by Gasteiger charge is -2.42. The molecule has 4 rings (SSSR count). The highest BCUT2D eigenvalue weighted by molar-refractivity contribution is 8.77. The lowest BCUT2D eigenvalue weighted by atomic mass is 9.83. The van der Waals surface area contributed by atoms with Gasteiger partial charge >= 0.3 is 12.1 Å². The van der Waals surface area contributed by atoms with Gasteiger partial charge in [-0.1, -0.05) is 91.2 Å². The van der Waals surface area contributed by atoms with Gasteiger partial charge in [-0.2, -0.15) is 35.3 Å². The van der Waals surface area contributed by atoms with E-state index in [-0.39, 0.29) is 47.5 Å². The van der Waals surface area contributed by atoms with E-state index in [1.54, 1.807) is 109 Å². The van der Waals surface area contributed by atoms with Crippen LogP contribution in [-0.2, 0) is 51.2 Å². The Balaban J connectivity index is 0. The molecule has 3 aliphatic heterocycles. The van der Waals surface area contributed by atoms with E-state index in [2.05, 4.69) is 10.6 Å². The third-order valence-electron chi connectivity index (χ3n) is 11.8. The number of allylic oxidation sites excluding steroid dienone is 3. The molecule has 0 aromatic heterocycles. The number of benzene rings is 1. The molecule has 2 fully saturated rings. The molecule has 3 heterocycles. The van der Waals surface area contributed by atoms with Gasteiger partial charge in [-0.3, -0.25) is 19.7 Å². The zero-order chi connectivity index (χ0) is 58.3. The Kier molecular flexibility index (Phi) is 36.4. The maximum Gasteiger partial charge on any atom is 0.409 e. The molecule has 1 aromatic carbocycles. The number of aliphatic hydroxyl groups is 2. The summed E-state index contributed by atoms with van der Waals surface area (Å²) in [6.07, 6.45) is 14.8. The molecule has 428 valence electrons. The van der Waals surface area contributed by atoms with Crippen molar-refractivity contribution in [1.82, 2.24) is 15.5 Å². The van der Waals surface area contributed by atoms with Crippen LogP contribution in [0.15, 0.2) is 35.9 Å². The lowest BCUT2D eigenvalue weighted by Crippen LogP contribution is -2.63. The van der Waals surface area contributed by atoms with Crippen molar-refractivity contribution >= 4 is 104 Å². The second-order valence-electron chi connectivity index (χ2n) is 18.5. The summed E-state index contributed by atoms with van der Waals surface area (Å²) in [4.78, 5) is 69.2. The van der Waals surface area contributed by atoms with Crippen LogP contribution in [0.5, 0.6) is 0 Å². The number of likely N-dealkylation sites (N-methyl/N-ethyl adjacent to an activating group) is 1. The molecule has 0 spiro atoms. The Morgan fingerprint density at radius 2 is 1.70 bits per heavy atom. The summed E-state index contributed by atoms with van der Waals surface area (Å²) in [5.74, 6) is -1.21. The molecule has 4 amide bonds. The highest BCUT2D eigenvalue weighted by atomic mass is 35.5. The van der Waals surface area contributed by atoms with Crippen LogP contribution in [0.3, 0.4) is 0 Å². The molecular weight excluding hydrogens is 1060 g/mol. The fraction of sp³-hybridized carbons (Fsp3) is 0.717. The Morgan fingerprint density at radius 3 is 2.26 bits per heavy atom. The predicted molar refractivity (Wildman–Crippen MR) is 318 cm³/mol. The summed E-state index contributed by atoms with van der Waals surface area (Å²) in [6, 6.07) is 2.50. The summed E-state index contributed by atoms with van der Waals surface area (Å²) >= 11 is 12.0. The van der Waals surface area contributed by atoms with E-state index in [1.807, 2.05) is 85.2 Å². The second-order valence-corrected chi connectivity index (χ2v) is 24.4. The van der Waals surface area contributed by atoms with E-state index in [9.17, 15) is 34.2 Å². The number of hydrogen-bond acceptors (Lipinski definition) is 16. The maximum absolute atomic E-state index is 14.3. The normalized spacial score (nSPS) is 24.9. The number of halogens is 1. The molecule has 0 radical (unpaired) electrons. The van der Waals surface area contributed by atoms with Crippen molar-refractivity contribution < 1.29 is 54.5 Å². The molecular formula is C53H93ClN4O11S5. The maximum atomic E-state index is 14.3. The zero-order valence-corrected chi connectivity index (χ0v) is 52.6. The first-order valence-electron chi connectivity index (χ1n) is 25.5. The van der Waals surface area contributed by atoms with E-state index < -0.39 is 65.7 Å². The van der Waals surface area contributed by atoms with Crippen molar-refractivity contribution in [2.45, 2.75) is 168 Å². The minimum Gasteiger partial charge on any atom is -0.457 e. The number of esters is 1. The Bertz CT molecular complexity index is 1940. The number of epoxide rings is 1. The topological polar surface area (TPSA) is 197 Å². The summed E-state index contributed by atoms with van der Waals surface area (Å²) < 4.78 is 29.3. The smallest absolute Gasteiger partial charge is 0.409 e. The van der Waals surface area contributed by atoms with Crippen LogP contribution < -0.4 is 15.5 Å². The van der Waals surface area contributed by atoms with Crippen molar-refractivity contribution in [2.24, 2.45) is 5.92 Å². The largest absolute Gasteiger partial charge is 0.457 e. The SMILES string of the molecule is CC.CCNC(=O)CCCSSC(C)(C)CCC(=O)N(C)[C@@H](C)C(=O)O[C@H]1CC(=O)N(C)c2cc(cc(CO)c2Cl)C/C(C)=C/C=C/[C@@H](OC)[C@@]2(O)C[C@H](OC(=O)N2)[C@@H](C)[C@@H]2O[C@]12C.CSC.CSC.CSC.[2H]C. The third-order valence-corrected chi connectivity index (χ3v) is 15.7. The first-order valence-corrected chi connectivity index (χ1v) is 32.1. The van der Waals surface area contributed by atoms with Gasteiger partial charge in [0.15, 0.2) is 5.72 Å². The molecule has 3 aliphatic rings. The summed E-state index contributed by atoms with van der Waals surface area (Å²) in [6.45, 7) is 17.2. The Labute approximate surface area is 472 Å². The summed E-state index contributed by atoms with van der Waals surface area (Å²) in [5.41, 5.74) is -0.681. The number of thioether (sulfide) groups is 3. The third kappa shape index (κ3) is 24.2. The highest BCUT2D eigenvalue weighted by Crippen LogP contribution is 2.49. The van der Waals surface area contributed by atoms with Gasteiger partial charge < -0.3 is 44.3 Å². The molecule has 0 unspecified atom stereocenters. The quantitative estimate of drug-likeness (QED) is 0.0560. The van der Waals surface area contributed by atoms with Crippen LogP contribution in [0, 0.1) is 5.92 Å². The molecule has 0 saturated carbocycles. The van der Waals surface area contributed by atoms with Gasteiger partial charge in [-0.15, -0.1) is 0 Å². The number of hydrogen-bond donors (Lipinski definition) is 4. The fourth-order valence-electron chi connectivity index (χ4n) is 7.68. The summed E-state index contributed by atoms with van der Waals surface area (Å²) in [7, 11) is 9.08. The van der Waals surface area contributed by atoms with Crippen molar-refractivity contribution in [1.29, 1.82) is 0 Å². The van der Waals surface area contributed by atoms with Crippen LogP contribution in [0.1, 0.15) is 121 Å². The molecule has 4 bridgehead atoms. The van der Waals surface area contributed by atoms with Crippen LogP contribution >= 0.6 is 68.5 Å². The average molecular weight is 1160 g/mol. The minimum atomic E-state index is -1.85. The van der Waals surface area contributed by atoms with Gasteiger partial charge in [0.25, 0.3) is 0 Å². The Hall–Kier alpha value is -2.27. The van der Waals surface area contributed by atoms with Gasteiger partial charge in [0.2, 0.25) is 17.7 Å². The molecule has 1 aromatic rings. The number of amides is 4. The molecule has 15 nitrogen and oxygen atoms in total. The zero-order valence-electron chi connectivity index (χ0n) is 48.8. The van der Waals surface area contributed by atoms with Crippen molar-refractivity contribution in [3.8, 4) is 0 Å². The average Bonchev–Trinajstić information content (AvgIpc) is 4.07. The van der Waals surface area contributed by atoms with Crippen molar-refractivity contribution in [2.75, 3.05) is 75.9 Å². The van der Waals surface area contributed by atoms with Crippen LogP contribution in [-0.4, -0.2) is 162 Å². The number of fused-ring (bicyclic) bond motifs is 5. The standard InChI is InChI=1S/C44H65ClN4O11S2.3C2H6S.C2H6.CH4/c1-11-46-35(51)16-13-19-61-62-42(5,6)18-17-36(52)48(8)28(4)40(54)59-34-23-37(53)49(9)31-22-29(21-30(25-50)38(31)45)20-26(2)14-12-15-33(57-10)44(56)24-32(58-41(55)47-44)27(3)39-43(34,7)60-39;3*1-3-2;1-2;/h12,14-15,21-22,27-28,32-34,39,50,56H,11,13,16-20,23-25H2,1-10H3,(H,46,51)(H,47,55);3*1-2H3;1-2H3;1H4/b15-12+,26-14+;;;;;/t27-,28+,32+,33-,34+,39+,43-,44+;;;;;/m1...../s1/i;;;;;1D. The number of ether oxygens (including phenoxy) is 4. The van der Waals surface area contributed by atoms with E-state index in [0.29, 0.717) is 37.1 Å². The highest BCUT2D eigenvalue weighted by Gasteiger charge is 2.64. The first-order chi connectivity index (χ1) is 35.3. The number of aliphatic hydroxyl groups excluding tert-OH is 1. The fourth-order valence-corrected chi connectivity index (χ4v) is 10.6. The number of nitrogens with zero attached hydrogens (tertiary/aromatic N) is 2. The lowest BCUT2D eigenvalue weighted by molar-refractivity contribution is -0.162. The number of carbonyl (C=O) groups excluding carboxylic acids is 5. The van der Waals surface area contributed by atoms with Gasteiger partial charge in [0.1, 0.15) is 30.0 Å². The van der Waals surface area contributed by atoms with Gasteiger partial charge in [0.05, 0.1) is 29.8 Å². The summed E-state index contributed by atoms with van der Waals surface area (Å²) in [5, 5.41) is 27.5. The molecule has 4 N–H and O–H groups in total. The molecule has 2 saturated heterocycles. The number of alkyl carbamates (subject to hydrolysis) is 1. The molecule has 0 aliphatic carbocycles. The van der Waals surface area contributed by atoms with Gasteiger partial charge in [0, 0.05) is 64.8 Å². The predicted octanol–water partition coefficient (Wildman–Crippen LogP) is 10.5. The number of nitrogens with one attached hydrogen (secondary N) is 2. The van der Waals surface area contributed by atoms with E-state index in [0.717, 1.165) is 23.3 Å². The van der Waals surface area contributed by atoms with E-state index in [1.165, 1.54) is 31.4 Å². The minimum absolute atomic E-state index is 0.0342. The van der Waals surface area contributed by atoms with Crippen LogP contribution in [0.4, 0.5) is 10.5 Å². The monoisotopic (exact) mass is 1160 g/mol. The Morgan fingerprint density at radius 1 is 1.11 bits per heavy atom. The number of methoxy groups -OCH3 is 1. The van der Waals surface area contributed by atoms with Crippen molar-refractivity contribution in [3.05, 3.63) is 52.1 Å². The van der Waals surface area contributed by atoms with Crippen LogP contribution in [0.25, 0.3) is 0 Å². The van der Waals surface area contributed by atoms with Gasteiger partial charge in [-0.05, 0) is 116 Å².